The highest BCUT2D eigenvalue weighted by atomic mass is 16.6. The van der Waals surface area contributed by atoms with Crippen molar-refractivity contribution in [1.29, 1.82) is 0 Å². The molecule has 0 spiro atoms. The van der Waals surface area contributed by atoms with Crippen molar-refractivity contribution in [3.05, 3.63) is 18.2 Å². The molecule has 0 amide bonds. The van der Waals surface area contributed by atoms with Crippen molar-refractivity contribution in [2.75, 3.05) is 13.2 Å². The van der Waals surface area contributed by atoms with Gasteiger partial charge in [-0.05, 0) is 12.1 Å². The van der Waals surface area contributed by atoms with Crippen LogP contribution in [0.25, 0.3) is 0 Å². The average Bonchev–Trinajstić information content (AvgIpc) is 2.87. The molecule has 96 valence electrons. The number of aliphatic imine (C=N–C) groups is 1. The minimum atomic E-state index is -0.223. The molecule has 4 radical (unpaired) electrons. The van der Waals surface area contributed by atoms with Gasteiger partial charge in [-0.1, -0.05) is 25.4 Å². The first-order chi connectivity index (χ1) is 9.22. The molecule has 4 nitrogen and oxygen atoms in total. The van der Waals surface area contributed by atoms with Gasteiger partial charge in [0.25, 0.3) is 0 Å². The van der Waals surface area contributed by atoms with Crippen LogP contribution < -0.4 is 20.3 Å². The minimum absolute atomic E-state index is 0.124. The van der Waals surface area contributed by atoms with Gasteiger partial charge < -0.3 is 14.8 Å². The summed E-state index contributed by atoms with van der Waals surface area (Å²) in [6.07, 6.45) is -0.223. The van der Waals surface area contributed by atoms with E-state index in [4.69, 9.17) is 25.2 Å². The summed E-state index contributed by atoms with van der Waals surface area (Å²) in [5.41, 5.74) is 0.657. The Morgan fingerprint density at radius 2 is 2.11 bits per heavy atom. The van der Waals surface area contributed by atoms with Crippen molar-refractivity contribution in [3.63, 3.8) is 0 Å². The third-order valence-corrected chi connectivity index (χ3v) is 2.72. The Kier molecular flexibility index (Phi) is 4.40. The number of fused-ring (bicyclic) bond motifs is 1. The zero-order valence-corrected chi connectivity index (χ0v) is 11.2. The standard InChI is InChI=1S/C11H10B2N2O2.C2H6/c12-6-1-2-7-8(3-6)16-5-9(17-7)11-14-4-10(13)15-11;1-2/h1-3,9-10H,4-5H2,(H,14,15);1-2H3. The lowest BCUT2D eigenvalue weighted by molar-refractivity contribution is 0.133. The molecular weight excluding hydrogens is 238 g/mol. The SMILES string of the molecule is CC.[B]c1ccc2c(c1)OCC(C1=NCC([B])N1)O2. The van der Waals surface area contributed by atoms with Gasteiger partial charge >= 0.3 is 0 Å². The van der Waals surface area contributed by atoms with Crippen molar-refractivity contribution >= 4 is 27.0 Å². The Balaban J connectivity index is 0.000000637. The Hall–Kier alpha value is -1.58. The van der Waals surface area contributed by atoms with Crippen molar-refractivity contribution in [3.8, 4) is 11.5 Å². The smallest absolute Gasteiger partial charge is 0.189 e. The van der Waals surface area contributed by atoms with Gasteiger partial charge in [0.2, 0.25) is 0 Å². The van der Waals surface area contributed by atoms with Crippen LogP contribution in [-0.2, 0) is 0 Å². The van der Waals surface area contributed by atoms with E-state index in [0.29, 0.717) is 30.1 Å². The van der Waals surface area contributed by atoms with Crippen molar-refractivity contribution in [2.45, 2.75) is 25.9 Å². The molecule has 2 aliphatic rings. The van der Waals surface area contributed by atoms with Crippen molar-refractivity contribution < 1.29 is 9.47 Å². The molecule has 2 aliphatic heterocycles. The molecule has 0 fully saturated rings. The number of ether oxygens (including phenoxy) is 2. The molecule has 0 aromatic heterocycles. The predicted octanol–water partition coefficient (Wildman–Crippen LogP) is 0.143. The van der Waals surface area contributed by atoms with Crippen LogP contribution in [0.3, 0.4) is 0 Å². The molecule has 3 rings (SSSR count). The summed E-state index contributed by atoms with van der Waals surface area (Å²) < 4.78 is 11.4. The van der Waals surface area contributed by atoms with Crippen LogP contribution in [0.4, 0.5) is 0 Å². The highest BCUT2D eigenvalue weighted by Crippen LogP contribution is 2.30. The van der Waals surface area contributed by atoms with E-state index >= 15 is 0 Å². The van der Waals surface area contributed by atoms with E-state index < -0.39 is 0 Å². The summed E-state index contributed by atoms with van der Waals surface area (Å²) in [7, 11) is 11.4. The van der Waals surface area contributed by atoms with Gasteiger partial charge in [-0.15, -0.1) is 0 Å². The third-order valence-electron chi connectivity index (χ3n) is 2.72. The highest BCUT2D eigenvalue weighted by Gasteiger charge is 2.28. The molecule has 0 bridgehead atoms. The van der Waals surface area contributed by atoms with E-state index in [1.807, 2.05) is 13.8 Å². The number of amidine groups is 1. The van der Waals surface area contributed by atoms with Crippen LogP contribution in [0.2, 0.25) is 0 Å². The van der Waals surface area contributed by atoms with E-state index in [0.717, 1.165) is 5.84 Å². The maximum atomic E-state index is 5.79. The lowest BCUT2D eigenvalue weighted by Crippen LogP contribution is -2.44. The van der Waals surface area contributed by atoms with Crippen LogP contribution in [-0.4, -0.2) is 46.7 Å². The molecule has 0 aliphatic carbocycles. The summed E-state index contributed by atoms with van der Waals surface area (Å²) in [6, 6.07) is 5.33. The minimum Gasteiger partial charge on any atom is -0.485 e. The normalized spacial score (nSPS) is 23.8. The summed E-state index contributed by atoms with van der Waals surface area (Å²) in [5.74, 6) is 1.98. The predicted molar refractivity (Wildman–Crippen MR) is 78.1 cm³/mol. The molecule has 2 atom stereocenters. The maximum Gasteiger partial charge on any atom is 0.189 e. The van der Waals surface area contributed by atoms with Crippen molar-refractivity contribution in [2.24, 2.45) is 4.99 Å². The summed E-state index contributed by atoms with van der Waals surface area (Å²) in [4.78, 5) is 4.28. The lowest BCUT2D eigenvalue weighted by atomic mass is 9.96. The molecule has 2 unspecified atom stereocenters. The Morgan fingerprint density at radius 3 is 2.79 bits per heavy atom. The molecule has 19 heavy (non-hydrogen) atoms. The van der Waals surface area contributed by atoms with Crippen LogP contribution in [0.1, 0.15) is 13.8 Å². The van der Waals surface area contributed by atoms with Crippen LogP contribution in [0.5, 0.6) is 11.5 Å². The summed E-state index contributed by atoms with van der Waals surface area (Å²) >= 11 is 0. The lowest BCUT2D eigenvalue weighted by Gasteiger charge is -2.27. The number of benzene rings is 1. The molecule has 1 aromatic rings. The average molecular weight is 254 g/mol. The fourth-order valence-corrected chi connectivity index (χ4v) is 1.90. The fourth-order valence-electron chi connectivity index (χ4n) is 1.90. The molecular formula is C13H16B2N2O2. The second-order valence-electron chi connectivity index (χ2n) is 4.10. The number of nitrogens with one attached hydrogen (secondary N) is 1. The van der Waals surface area contributed by atoms with Gasteiger partial charge in [0.1, 0.15) is 28.1 Å². The highest BCUT2D eigenvalue weighted by molar-refractivity contribution is 6.32. The fraction of sp³-hybridized carbons (Fsp3) is 0.462. The van der Waals surface area contributed by atoms with Crippen LogP contribution in [0, 0.1) is 0 Å². The zero-order valence-electron chi connectivity index (χ0n) is 11.2. The summed E-state index contributed by atoms with van der Waals surface area (Å²) in [5, 5.41) is 3.06. The van der Waals surface area contributed by atoms with Gasteiger partial charge in [0, 0.05) is 5.94 Å². The zero-order chi connectivity index (χ0) is 13.8. The second kappa shape index (κ2) is 6.04. The Labute approximate surface area is 116 Å². The van der Waals surface area contributed by atoms with Gasteiger partial charge in [0.15, 0.2) is 17.6 Å². The van der Waals surface area contributed by atoms with E-state index in [1.165, 1.54) is 0 Å². The monoisotopic (exact) mass is 254 g/mol. The largest absolute Gasteiger partial charge is 0.485 e. The van der Waals surface area contributed by atoms with Gasteiger partial charge in [0.05, 0.1) is 6.54 Å². The molecule has 0 saturated carbocycles. The molecule has 2 heterocycles. The third kappa shape index (κ3) is 3.06. The maximum absolute atomic E-state index is 5.79. The second-order valence-corrected chi connectivity index (χ2v) is 4.10. The number of hydrogen-bond donors (Lipinski definition) is 1. The van der Waals surface area contributed by atoms with Gasteiger partial charge in [-0.3, -0.25) is 4.99 Å². The van der Waals surface area contributed by atoms with Gasteiger partial charge in [-0.25, -0.2) is 0 Å². The van der Waals surface area contributed by atoms with E-state index in [2.05, 4.69) is 10.3 Å². The van der Waals surface area contributed by atoms with E-state index in [1.54, 1.807) is 18.2 Å². The van der Waals surface area contributed by atoms with E-state index in [9.17, 15) is 0 Å². The van der Waals surface area contributed by atoms with Crippen LogP contribution in [0.15, 0.2) is 23.2 Å². The Morgan fingerprint density at radius 1 is 1.32 bits per heavy atom. The summed E-state index contributed by atoms with van der Waals surface area (Å²) in [6.45, 7) is 4.98. The molecule has 0 saturated heterocycles. The topological polar surface area (TPSA) is 42.8 Å². The number of hydrogen-bond acceptors (Lipinski definition) is 4. The first-order valence-electron chi connectivity index (χ1n) is 6.48. The number of nitrogens with zero attached hydrogens (tertiary/aromatic N) is 1. The van der Waals surface area contributed by atoms with Gasteiger partial charge in [-0.2, -0.15) is 0 Å². The molecule has 1 aromatic carbocycles. The molecule has 6 heteroatoms. The first kappa shape index (κ1) is 13.8. The molecule has 1 N–H and O–H groups in total. The first-order valence-corrected chi connectivity index (χ1v) is 6.48. The van der Waals surface area contributed by atoms with E-state index in [-0.39, 0.29) is 12.0 Å². The Bertz CT molecular complexity index is 480. The number of rotatable bonds is 1. The van der Waals surface area contributed by atoms with Crippen LogP contribution >= 0.6 is 0 Å². The quantitative estimate of drug-likeness (QED) is 0.725. The van der Waals surface area contributed by atoms with Crippen molar-refractivity contribution in [1.82, 2.24) is 5.32 Å².